The van der Waals surface area contributed by atoms with E-state index in [-0.39, 0.29) is 31.1 Å². The first-order chi connectivity index (χ1) is 9.43. The Balaban J connectivity index is 2.44. The van der Waals surface area contributed by atoms with E-state index in [1.165, 1.54) is 19.3 Å². The molecule has 5 heteroatoms. The predicted molar refractivity (Wildman–Crippen MR) is 78.7 cm³/mol. The third-order valence-electron chi connectivity index (χ3n) is 4.20. The zero-order valence-electron chi connectivity index (χ0n) is 12.9. The number of nitrogens with one attached hydrogen (secondary N) is 1. The van der Waals surface area contributed by atoms with Crippen LogP contribution in [0.1, 0.15) is 59.3 Å². The molecule has 0 spiro atoms. The van der Waals surface area contributed by atoms with Gasteiger partial charge in [-0.05, 0) is 45.4 Å². The van der Waals surface area contributed by atoms with E-state index >= 15 is 0 Å². The van der Waals surface area contributed by atoms with Crippen LogP contribution in [0.15, 0.2) is 0 Å². The molecule has 0 saturated heterocycles. The molecule has 1 rings (SSSR count). The lowest BCUT2D eigenvalue weighted by atomic mass is 9.84. The normalized spacial score (nSPS) is 22.6. The third kappa shape index (κ3) is 5.39. The van der Waals surface area contributed by atoms with E-state index in [0.29, 0.717) is 0 Å². The minimum absolute atomic E-state index is 0.00578. The highest BCUT2D eigenvalue weighted by Crippen LogP contribution is 2.26. The SMILES string of the molecule is CCC1CCC(NC(=O)N(CCC(=O)O)C(C)C)CC1. The van der Waals surface area contributed by atoms with Gasteiger partial charge in [0.2, 0.25) is 0 Å². The van der Waals surface area contributed by atoms with Crippen molar-refractivity contribution in [3.8, 4) is 0 Å². The van der Waals surface area contributed by atoms with Gasteiger partial charge in [0, 0.05) is 18.6 Å². The molecule has 0 aromatic heterocycles. The van der Waals surface area contributed by atoms with Gasteiger partial charge >= 0.3 is 12.0 Å². The van der Waals surface area contributed by atoms with Crippen LogP contribution < -0.4 is 5.32 Å². The van der Waals surface area contributed by atoms with Crippen molar-refractivity contribution in [2.75, 3.05) is 6.54 Å². The van der Waals surface area contributed by atoms with Crippen LogP contribution >= 0.6 is 0 Å². The van der Waals surface area contributed by atoms with Crippen molar-refractivity contribution >= 4 is 12.0 Å². The van der Waals surface area contributed by atoms with Crippen LogP contribution in [0.25, 0.3) is 0 Å². The van der Waals surface area contributed by atoms with Gasteiger partial charge in [-0.3, -0.25) is 4.79 Å². The maximum absolute atomic E-state index is 12.2. The molecular formula is C15H28N2O3. The van der Waals surface area contributed by atoms with E-state index < -0.39 is 5.97 Å². The Morgan fingerprint density at radius 2 is 1.85 bits per heavy atom. The van der Waals surface area contributed by atoms with E-state index in [1.54, 1.807) is 4.90 Å². The van der Waals surface area contributed by atoms with Gasteiger partial charge in [-0.1, -0.05) is 13.3 Å². The molecule has 0 heterocycles. The number of amides is 2. The molecule has 1 aliphatic rings. The molecule has 2 N–H and O–H groups in total. The number of rotatable bonds is 6. The Bertz CT molecular complexity index is 323. The van der Waals surface area contributed by atoms with E-state index in [0.717, 1.165) is 18.8 Å². The number of carboxylic acids is 1. The number of hydrogen-bond donors (Lipinski definition) is 2. The highest BCUT2D eigenvalue weighted by molar-refractivity contribution is 5.75. The fourth-order valence-electron chi connectivity index (χ4n) is 2.78. The molecule has 0 bridgehead atoms. The molecule has 0 aromatic carbocycles. The summed E-state index contributed by atoms with van der Waals surface area (Å²) in [4.78, 5) is 24.5. The van der Waals surface area contributed by atoms with E-state index in [1.807, 2.05) is 13.8 Å². The number of hydrogen-bond acceptors (Lipinski definition) is 2. The summed E-state index contributed by atoms with van der Waals surface area (Å²) in [6, 6.07) is 0.138. The number of carboxylic acid groups (broad SMARTS) is 1. The maximum atomic E-state index is 12.2. The van der Waals surface area contributed by atoms with Crippen LogP contribution in [-0.4, -0.2) is 40.6 Å². The molecule has 0 atom stereocenters. The number of nitrogens with zero attached hydrogens (tertiary/aromatic N) is 1. The lowest BCUT2D eigenvalue weighted by Gasteiger charge is -2.32. The Kier molecular flexibility index (Phi) is 6.82. The average molecular weight is 284 g/mol. The molecule has 20 heavy (non-hydrogen) atoms. The largest absolute Gasteiger partial charge is 0.481 e. The fraction of sp³-hybridized carbons (Fsp3) is 0.867. The third-order valence-corrected chi connectivity index (χ3v) is 4.20. The average Bonchev–Trinajstić information content (AvgIpc) is 2.39. The standard InChI is InChI=1S/C15H28N2O3/c1-4-12-5-7-13(8-6-12)16-15(20)17(11(2)3)10-9-14(18)19/h11-13H,4-10H2,1-3H3,(H,16,20)(H,18,19). The van der Waals surface area contributed by atoms with Gasteiger partial charge in [0.25, 0.3) is 0 Å². The molecule has 2 amide bonds. The Labute approximate surface area is 121 Å². The van der Waals surface area contributed by atoms with Gasteiger partial charge in [0.15, 0.2) is 0 Å². The zero-order valence-corrected chi connectivity index (χ0v) is 12.9. The summed E-state index contributed by atoms with van der Waals surface area (Å²) in [7, 11) is 0. The second kappa shape index (κ2) is 8.12. The lowest BCUT2D eigenvalue weighted by molar-refractivity contribution is -0.137. The quantitative estimate of drug-likeness (QED) is 0.788. The van der Waals surface area contributed by atoms with Gasteiger partial charge in [0.05, 0.1) is 6.42 Å². The monoisotopic (exact) mass is 284 g/mol. The first-order valence-electron chi connectivity index (χ1n) is 7.73. The summed E-state index contributed by atoms with van der Waals surface area (Å²) < 4.78 is 0. The lowest BCUT2D eigenvalue weighted by Crippen LogP contribution is -2.49. The summed E-state index contributed by atoms with van der Waals surface area (Å²) in [6.45, 7) is 6.31. The van der Waals surface area contributed by atoms with Crippen molar-refractivity contribution in [1.29, 1.82) is 0 Å². The molecule has 5 nitrogen and oxygen atoms in total. The topological polar surface area (TPSA) is 69.6 Å². The molecule has 0 aromatic rings. The van der Waals surface area contributed by atoms with Crippen LogP contribution in [0.2, 0.25) is 0 Å². The highest BCUT2D eigenvalue weighted by atomic mass is 16.4. The summed E-state index contributed by atoms with van der Waals surface area (Å²) in [5, 5.41) is 11.8. The molecule has 0 aliphatic heterocycles. The highest BCUT2D eigenvalue weighted by Gasteiger charge is 2.24. The van der Waals surface area contributed by atoms with Gasteiger partial charge in [-0.15, -0.1) is 0 Å². The first-order valence-corrected chi connectivity index (χ1v) is 7.73. The van der Waals surface area contributed by atoms with Crippen molar-refractivity contribution < 1.29 is 14.7 Å². The Hall–Kier alpha value is -1.26. The minimum atomic E-state index is -0.869. The first kappa shape index (κ1) is 16.8. The maximum Gasteiger partial charge on any atom is 0.317 e. The second-order valence-electron chi connectivity index (χ2n) is 6.01. The van der Waals surface area contributed by atoms with Gasteiger partial charge in [-0.25, -0.2) is 4.79 Å². The smallest absolute Gasteiger partial charge is 0.317 e. The molecule has 0 radical (unpaired) electrons. The Morgan fingerprint density at radius 3 is 2.30 bits per heavy atom. The summed E-state index contributed by atoms with van der Waals surface area (Å²) >= 11 is 0. The summed E-state index contributed by atoms with van der Waals surface area (Å²) in [5.74, 6) is -0.0664. The predicted octanol–water partition coefficient (Wildman–Crippen LogP) is 2.85. The van der Waals surface area contributed by atoms with Crippen molar-refractivity contribution in [2.24, 2.45) is 5.92 Å². The van der Waals surface area contributed by atoms with E-state index in [2.05, 4.69) is 12.2 Å². The van der Waals surface area contributed by atoms with Crippen molar-refractivity contribution in [3.63, 3.8) is 0 Å². The minimum Gasteiger partial charge on any atom is -0.481 e. The fourth-order valence-corrected chi connectivity index (χ4v) is 2.78. The molecule has 1 aliphatic carbocycles. The van der Waals surface area contributed by atoms with Crippen molar-refractivity contribution in [1.82, 2.24) is 10.2 Å². The van der Waals surface area contributed by atoms with Crippen LogP contribution in [0.3, 0.4) is 0 Å². The van der Waals surface area contributed by atoms with Crippen molar-refractivity contribution in [2.45, 2.75) is 71.4 Å². The molecule has 116 valence electrons. The molecule has 1 fully saturated rings. The summed E-state index contributed by atoms with van der Waals surface area (Å²) in [5.41, 5.74) is 0. The van der Waals surface area contributed by atoms with Gasteiger partial charge < -0.3 is 15.3 Å². The van der Waals surface area contributed by atoms with Crippen molar-refractivity contribution in [3.05, 3.63) is 0 Å². The van der Waals surface area contributed by atoms with Crippen LogP contribution in [-0.2, 0) is 4.79 Å². The number of carbonyl (C=O) groups is 2. The van der Waals surface area contributed by atoms with Gasteiger partial charge in [-0.2, -0.15) is 0 Å². The zero-order chi connectivity index (χ0) is 15.1. The number of aliphatic carboxylic acids is 1. The molecular weight excluding hydrogens is 256 g/mol. The van der Waals surface area contributed by atoms with Crippen LogP contribution in [0.5, 0.6) is 0 Å². The van der Waals surface area contributed by atoms with E-state index in [4.69, 9.17) is 5.11 Å². The second-order valence-corrected chi connectivity index (χ2v) is 6.01. The summed E-state index contributed by atoms with van der Waals surface area (Å²) in [6.07, 6.45) is 5.65. The van der Waals surface area contributed by atoms with Crippen LogP contribution in [0.4, 0.5) is 4.79 Å². The molecule has 0 unspecified atom stereocenters. The number of urea groups is 1. The van der Waals surface area contributed by atoms with Gasteiger partial charge in [0.1, 0.15) is 0 Å². The number of carbonyl (C=O) groups excluding carboxylic acids is 1. The van der Waals surface area contributed by atoms with E-state index in [9.17, 15) is 9.59 Å². The molecule has 1 saturated carbocycles. The Morgan fingerprint density at radius 1 is 1.25 bits per heavy atom. The van der Waals surface area contributed by atoms with Crippen LogP contribution in [0, 0.1) is 5.92 Å².